The lowest BCUT2D eigenvalue weighted by Crippen LogP contribution is -2.24. The molecule has 192 valence electrons. The fourth-order valence-electron chi connectivity index (χ4n) is 3.96. The Balaban J connectivity index is 1.32. The van der Waals surface area contributed by atoms with E-state index < -0.39 is 6.36 Å². The quantitative estimate of drug-likeness (QED) is 0.167. The number of hydrogen-bond acceptors (Lipinski definition) is 6. The van der Waals surface area contributed by atoms with Crippen molar-refractivity contribution in [1.82, 2.24) is 24.9 Å². The normalized spacial score (nSPS) is 11.8. The number of benzene rings is 3. The Morgan fingerprint density at radius 1 is 1.00 bits per heavy atom. The summed E-state index contributed by atoms with van der Waals surface area (Å²) in [6, 6.07) is 15.1. The zero-order valence-corrected chi connectivity index (χ0v) is 20.9. The number of nitrogens with one attached hydrogen (secondary N) is 2. The van der Waals surface area contributed by atoms with Crippen molar-refractivity contribution in [3.63, 3.8) is 0 Å². The summed E-state index contributed by atoms with van der Waals surface area (Å²) in [6.07, 6.45) is -0.0891. The average Bonchev–Trinajstić information content (AvgIpc) is 3.30. The van der Waals surface area contributed by atoms with Gasteiger partial charge >= 0.3 is 6.36 Å². The fraction of sp³-hybridized carbons (Fsp3) is 0.115. The molecular weight excluding hydrogens is 515 g/mol. The Kier molecular flexibility index (Phi) is 6.64. The van der Waals surface area contributed by atoms with Crippen molar-refractivity contribution >= 4 is 51.3 Å². The van der Waals surface area contributed by atoms with Crippen molar-refractivity contribution < 1.29 is 17.9 Å². The van der Waals surface area contributed by atoms with Gasteiger partial charge in [-0.3, -0.25) is 9.99 Å². The third kappa shape index (κ3) is 5.39. The number of aromatic nitrogens is 4. The Labute approximate surface area is 220 Å². The monoisotopic (exact) mass is 535 g/mol. The molecule has 0 unspecified atom stereocenters. The van der Waals surface area contributed by atoms with E-state index in [2.05, 4.69) is 35.5 Å². The Morgan fingerprint density at radius 2 is 1.74 bits per heavy atom. The molecule has 2 N–H and O–H groups in total. The van der Waals surface area contributed by atoms with Crippen LogP contribution in [0.1, 0.15) is 16.8 Å². The number of imidazole rings is 1. The maximum atomic E-state index is 12.4. The molecule has 0 amide bonds. The molecule has 0 saturated carbocycles. The lowest BCUT2D eigenvalue weighted by atomic mass is 10.1. The number of anilines is 1. The highest BCUT2D eigenvalue weighted by Gasteiger charge is 2.31. The molecule has 0 aliphatic heterocycles. The molecule has 0 radical (unpaired) electrons. The third-order valence-corrected chi connectivity index (χ3v) is 5.87. The van der Waals surface area contributed by atoms with Gasteiger partial charge in [-0.25, -0.2) is 15.0 Å². The predicted molar refractivity (Wildman–Crippen MR) is 144 cm³/mol. The van der Waals surface area contributed by atoms with Crippen molar-refractivity contribution in [3.8, 4) is 11.4 Å². The molecule has 0 saturated heterocycles. The van der Waals surface area contributed by atoms with Crippen LogP contribution in [-0.4, -0.2) is 37.2 Å². The van der Waals surface area contributed by atoms with Crippen molar-refractivity contribution in [2.75, 3.05) is 5.32 Å². The largest absolute Gasteiger partial charge is 0.573 e. The van der Waals surface area contributed by atoms with Crippen molar-refractivity contribution in [2.45, 2.75) is 20.2 Å². The van der Waals surface area contributed by atoms with Crippen LogP contribution in [0.3, 0.4) is 0 Å². The summed E-state index contributed by atoms with van der Waals surface area (Å²) < 4.78 is 43.0. The molecule has 0 spiro atoms. The average molecular weight is 536 g/mol. The number of nitrogens with zero attached hydrogens (tertiary/aromatic N) is 5. The molecule has 0 fully saturated rings. The van der Waals surface area contributed by atoms with E-state index in [-0.39, 0.29) is 5.75 Å². The van der Waals surface area contributed by atoms with Crippen LogP contribution in [-0.2, 0) is 0 Å². The van der Waals surface area contributed by atoms with E-state index in [0.29, 0.717) is 33.0 Å². The number of aryl methyl sites for hydroxylation is 2. The second kappa shape index (κ2) is 10.1. The van der Waals surface area contributed by atoms with Crippen LogP contribution in [0.4, 0.5) is 18.9 Å². The van der Waals surface area contributed by atoms with Crippen molar-refractivity contribution in [2.24, 2.45) is 5.10 Å². The number of halogens is 3. The van der Waals surface area contributed by atoms with Gasteiger partial charge in [-0.1, -0.05) is 18.2 Å². The molecule has 0 aliphatic carbocycles. The molecule has 5 aromatic rings. The van der Waals surface area contributed by atoms with Crippen LogP contribution in [0.25, 0.3) is 27.8 Å². The van der Waals surface area contributed by atoms with Gasteiger partial charge in [0.15, 0.2) is 5.11 Å². The van der Waals surface area contributed by atoms with Crippen LogP contribution in [0.2, 0.25) is 0 Å². The molecule has 12 heteroatoms. The first-order valence-corrected chi connectivity index (χ1v) is 11.7. The number of thiocarbonyl (C=S) groups is 1. The number of alkyl halides is 3. The maximum absolute atomic E-state index is 12.4. The zero-order valence-electron chi connectivity index (χ0n) is 20.1. The maximum Gasteiger partial charge on any atom is 0.573 e. The first-order chi connectivity index (χ1) is 18.2. The van der Waals surface area contributed by atoms with Gasteiger partial charge < -0.3 is 10.1 Å². The van der Waals surface area contributed by atoms with E-state index in [1.54, 1.807) is 23.2 Å². The summed E-state index contributed by atoms with van der Waals surface area (Å²) in [5.74, 6) is -0.299. The number of hydrogen-bond donors (Lipinski definition) is 2. The number of ether oxygens (including phenoxy) is 1. The summed E-state index contributed by atoms with van der Waals surface area (Å²) in [6.45, 7) is 3.99. The number of hydrazone groups is 1. The minimum Gasteiger partial charge on any atom is -0.406 e. The highest BCUT2D eigenvalue weighted by molar-refractivity contribution is 7.80. The Morgan fingerprint density at radius 3 is 2.45 bits per heavy atom. The van der Waals surface area contributed by atoms with Gasteiger partial charge in [0, 0.05) is 11.4 Å². The summed E-state index contributed by atoms with van der Waals surface area (Å²) in [5.41, 5.74) is 9.50. The summed E-state index contributed by atoms with van der Waals surface area (Å²) in [5, 5.41) is 7.65. The van der Waals surface area contributed by atoms with Crippen LogP contribution < -0.4 is 15.5 Å². The topological polar surface area (TPSA) is 89.2 Å². The van der Waals surface area contributed by atoms with E-state index in [4.69, 9.17) is 12.2 Å². The lowest BCUT2D eigenvalue weighted by molar-refractivity contribution is -0.274. The molecule has 38 heavy (non-hydrogen) atoms. The SMILES string of the molecule is Cc1cccc(C)c1NC(=S)N/N=C/c1cnc2c(ccc3c2ncn3-c2ccc(OC(F)(F)F)cc2)n1. The van der Waals surface area contributed by atoms with Crippen LogP contribution in [0.5, 0.6) is 5.75 Å². The van der Waals surface area contributed by atoms with Gasteiger partial charge in [-0.05, 0) is 73.6 Å². The van der Waals surface area contributed by atoms with Crippen molar-refractivity contribution in [3.05, 3.63) is 83.9 Å². The van der Waals surface area contributed by atoms with Gasteiger partial charge in [0.05, 0.1) is 23.4 Å². The second-order valence-electron chi connectivity index (χ2n) is 8.34. The highest BCUT2D eigenvalue weighted by atomic mass is 32.1. The fourth-order valence-corrected chi connectivity index (χ4v) is 4.12. The molecule has 0 aliphatic rings. The Bertz CT molecular complexity index is 1660. The van der Waals surface area contributed by atoms with Gasteiger partial charge in [-0.2, -0.15) is 5.10 Å². The zero-order chi connectivity index (χ0) is 26.9. The Hall–Kier alpha value is -4.58. The van der Waals surface area contributed by atoms with Crippen LogP contribution in [0, 0.1) is 13.8 Å². The van der Waals surface area contributed by atoms with Crippen LogP contribution in [0.15, 0.2) is 72.2 Å². The number of para-hydroxylation sites is 1. The summed E-state index contributed by atoms with van der Waals surface area (Å²) in [7, 11) is 0. The van der Waals surface area contributed by atoms with Gasteiger partial charge in [-0.15, -0.1) is 13.2 Å². The van der Waals surface area contributed by atoms with Crippen molar-refractivity contribution in [1.29, 1.82) is 0 Å². The number of rotatable bonds is 5. The molecule has 8 nitrogen and oxygen atoms in total. The minimum atomic E-state index is -4.75. The van der Waals surface area contributed by atoms with E-state index in [1.807, 2.05) is 38.1 Å². The summed E-state index contributed by atoms with van der Waals surface area (Å²) >= 11 is 5.33. The van der Waals surface area contributed by atoms with E-state index in [9.17, 15) is 13.2 Å². The molecular formula is C26H20F3N7OS. The molecule has 2 heterocycles. The second-order valence-corrected chi connectivity index (χ2v) is 8.75. The molecule has 2 aromatic heterocycles. The van der Waals surface area contributed by atoms with Gasteiger partial charge in [0.2, 0.25) is 0 Å². The van der Waals surface area contributed by atoms with E-state index in [0.717, 1.165) is 22.3 Å². The smallest absolute Gasteiger partial charge is 0.406 e. The first kappa shape index (κ1) is 25.1. The van der Waals surface area contributed by atoms with Gasteiger partial charge in [0.1, 0.15) is 28.8 Å². The molecule has 3 aromatic carbocycles. The lowest BCUT2D eigenvalue weighted by Gasteiger charge is -2.12. The molecule has 0 bridgehead atoms. The standard InChI is InChI=1S/C26H20F3N7OS/c1-15-4-3-5-16(2)22(15)34-25(38)35-32-13-17-12-30-23-20(33-17)10-11-21-24(23)31-14-36(21)18-6-8-19(9-7-18)37-26(27,28)29/h3-14H,1-2H3,(H2,34,35,38)/b32-13+. The van der Waals surface area contributed by atoms with E-state index >= 15 is 0 Å². The molecule has 0 atom stereocenters. The number of fused-ring (bicyclic) bond motifs is 3. The molecule has 5 rings (SSSR count). The summed E-state index contributed by atoms with van der Waals surface area (Å²) in [4.78, 5) is 13.5. The van der Waals surface area contributed by atoms with Gasteiger partial charge in [0.25, 0.3) is 0 Å². The third-order valence-electron chi connectivity index (χ3n) is 5.68. The predicted octanol–water partition coefficient (Wildman–Crippen LogP) is 5.80. The first-order valence-electron chi connectivity index (χ1n) is 11.3. The van der Waals surface area contributed by atoms with E-state index in [1.165, 1.54) is 30.5 Å². The van der Waals surface area contributed by atoms with Crippen LogP contribution >= 0.6 is 12.2 Å². The minimum absolute atomic E-state index is 0.299. The highest BCUT2D eigenvalue weighted by Crippen LogP contribution is 2.27.